The zero-order valence-corrected chi connectivity index (χ0v) is 18.1. The SMILES string of the molecule is Cc1cn2c(/C=C/C(=O)N3CCC(C(=O)NCc4ccccc4)CC3)c(C)nc2s1. The van der Waals surface area contributed by atoms with Crippen LogP contribution in [0.2, 0.25) is 0 Å². The van der Waals surface area contributed by atoms with Gasteiger partial charge in [0.15, 0.2) is 4.96 Å². The Bertz CT molecular complexity index is 1080. The summed E-state index contributed by atoms with van der Waals surface area (Å²) >= 11 is 1.64. The molecule has 1 saturated heterocycles. The summed E-state index contributed by atoms with van der Waals surface area (Å²) in [6.45, 7) is 5.75. The van der Waals surface area contributed by atoms with E-state index < -0.39 is 0 Å². The van der Waals surface area contributed by atoms with E-state index in [-0.39, 0.29) is 17.7 Å². The highest BCUT2D eigenvalue weighted by Gasteiger charge is 2.26. The number of thiazole rings is 1. The van der Waals surface area contributed by atoms with Gasteiger partial charge in [-0.1, -0.05) is 30.3 Å². The topological polar surface area (TPSA) is 66.7 Å². The molecule has 0 radical (unpaired) electrons. The van der Waals surface area contributed by atoms with Crippen LogP contribution in [-0.4, -0.2) is 39.2 Å². The number of likely N-dealkylation sites (tertiary alicyclic amines) is 1. The fraction of sp³-hybridized carbons (Fsp3) is 0.348. The maximum atomic E-state index is 12.6. The maximum Gasteiger partial charge on any atom is 0.246 e. The molecule has 2 aromatic heterocycles. The van der Waals surface area contributed by atoms with E-state index in [0.29, 0.717) is 32.5 Å². The van der Waals surface area contributed by atoms with Gasteiger partial charge in [0.25, 0.3) is 0 Å². The van der Waals surface area contributed by atoms with Gasteiger partial charge >= 0.3 is 0 Å². The van der Waals surface area contributed by atoms with Crippen molar-refractivity contribution in [3.8, 4) is 0 Å². The quantitative estimate of drug-likeness (QED) is 0.639. The van der Waals surface area contributed by atoms with Crippen molar-refractivity contribution in [1.82, 2.24) is 19.6 Å². The van der Waals surface area contributed by atoms with Gasteiger partial charge < -0.3 is 10.2 Å². The van der Waals surface area contributed by atoms with Crippen LogP contribution in [0.4, 0.5) is 0 Å². The Morgan fingerprint density at radius 3 is 2.67 bits per heavy atom. The number of piperidine rings is 1. The van der Waals surface area contributed by atoms with E-state index in [1.54, 1.807) is 17.4 Å². The van der Waals surface area contributed by atoms with Crippen molar-refractivity contribution in [2.75, 3.05) is 13.1 Å². The van der Waals surface area contributed by atoms with Crippen molar-refractivity contribution in [3.63, 3.8) is 0 Å². The van der Waals surface area contributed by atoms with Gasteiger partial charge in [0.05, 0.1) is 11.4 Å². The molecule has 30 heavy (non-hydrogen) atoms. The summed E-state index contributed by atoms with van der Waals surface area (Å²) < 4.78 is 2.03. The van der Waals surface area contributed by atoms with Gasteiger partial charge in [0, 0.05) is 42.7 Å². The molecule has 0 aliphatic carbocycles. The molecule has 6 nitrogen and oxygen atoms in total. The fourth-order valence-corrected chi connectivity index (χ4v) is 4.71. The Hall–Kier alpha value is -2.93. The Morgan fingerprint density at radius 2 is 1.93 bits per heavy atom. The molecule has 3 heterocycles. The zero-order chi connectivity index (χ0) is 21.1. The van der Waals surface area contributed by atoms with E-state index in [9.17, 15) is 9.59 Å². The van der Waals surface area contributed by atoms with E-state index in [4.69, 9.17) is 0 Å². The lowest BCUT2D eigenvalue weighted by Gasteiger charge is -2.30. The van der Waals surface area contributed by atoms with Crippen LogP contribution in [0.15, 0.2) is 42.6 Å². The lowest BCUT2D eigenvalue weighted by Crippen LogP contribution is -2.42. The molecule has 3 aromatic rings. The molecule has 156 valence electrons. The van der Waals surface area contributed by atoms with Gasteiger partial charge in [0.2, 0.25) is 11.8 Å². The predicted octanol–water partition coefficient (Wildman–Crippen LogP) is 3.58. The summed E-state index contributed by atoms with van der Waals surface area (Å²) in [5, 5.41) is 3.02. The number of benzene rings is 1. The minimum atomic E-state index is -0.0350. The van der Waals surface area contributed by atoms with Crippen LogP contribution >= 0.6 is 11.3 Å². The minimum Gasteiger partial charge on any atom is -0.352 e. The molecule has 0 spiro atoms. The summed E-state index contributed by atoms with van der Waals surface area (Å²) in [6, 6.07) is 9.90. The molecular formula is C23H26N4O2S. The molecule has 1 fully saturated rings. The molecule has 0 unspecified atom stereocenters. The molecule has 1 aliphatic rings. The average molecular weight is 423 g/mol. The van der Waals surface area contributed by atoms with Crippen molar-refractivity contribution in [1.29, 1.82) is 0 Å². The first kappa shape index (κ1) is 20.3. The third kappa shape index (κ3) is 4.46. The van der Waals surface area contributed by atoms with Crippen LogP contribution in [0.25, 0.3) is 11.0 Å². The third-order valence-electron chi connectivity index (χ3n) is 5.53. The average Bonchev–Trinajstić information content (AvgIpc) is 3.25. The number of nitrogens with zero attached hydrogens (tertiary/aromatic N) is 3. The Kier molecular flexibility index (Phi) is 5.99. The number of rotatable bonds is 5. The molecule has 4 rings (SSSR count). The Labute approximate surface area is 180 Å². The zero-order valence-electron chi connectivity index (χ0n) is 17.3. The monoisotopic (exact) mass is 422 g/mol. The molecule has 1 aromatic carbocycles. The van der Waals surface area contributed by atoms with Crippen molar-refractivity contribution in [2.45, 2.75) is 33.2 Å². The number of nitrogens with one attached hydrogen (secondary N) is 1. The summed E-state index contributed by atoms with van der Waals surface area (Å²) in [4.78, 5) is 33.6. The summed E-state index contributed by atoms with van der Waals surface area (Å²) in [7, 11) is 0. The summed E-state index contributed by atoms with van der Waals surface area (Å²) in [6.07, 6.45) is 6.91. The number of hydrogen-bond acceptors (Lipinski definition) is 4. The molecule has 0 atom stereocenters. The van der Waals surface area contributed by atoms with Crippen LogP contribution in [0.3, 0.4) is 0 Å². The number of hydrogen-bond donors (Lipinski definition) is 1. The number of amides is 2. The van der Waals surface area contributed by atoms with Gasteiger partial charge in [-0.3, -0.25) is 14.0 Å². The molecule has 1 aliphatic heterocycles. The van der Waals surface area contributed by atoms with E-state index in [1.807, 2.05) is 65.8 Å². The van der Waals surface area contributed by atoms with Crippen LogP contribution in [-0.2, 0) is 16.1 Å². The van der Waals surface area contributed by atoms with Gasteiger partial charge in [-0.15, -0.1) is 11.3 Å². The standard InChI is InChI=1S/C23H26N4O2S/c1-16-15-27-20(17(2)25-23(27)30-16)8-9-21(28)26-12-10-19(11-13-26)22(29)24-14-18-6-4-3-5-7-18/h3-9,15,19H,10-14H2,1-2H3,(H,24,29)/b9-8+. The first-order valence-corrected chi connectivity index (χ1v) is 11.1. The second-order valence-corrected chi connectivity index (χ2v) is 8.93. The number of carbonyl (C=O) groups is 2. The fourth-order valence-electron chi connectivity index (χ4n) is 3.83. The number of aromatic nitrogens is 2. The van der Waals surface area contributed by atoms with Crippen LogP contribution in [0, 0.1) is 19.8 Å². The first-order chi connectivity index (χ1) is 14.5. The molecule has 2 amide bonds. The molecule has 0 saturated carbocycles. The van der Waals surface area contributed by atoms with Crippen LogP contribution in [0.1, 0.15) is 34.7 Å². The van der Waals surface area contributed by atoms with E-state index >= 15 is 0 Å². The van der Waals surface area contributed by atoms with Gasteiger partial charge in [-0.05, 0) is 38.3 Å². The smallest absolute Gasteiger partial charge is 0.246 e. The van der Waals surface area contributed by atoms with Gasteiger partial charge in [-0.2, -0.15) is 0 Å². The number of fused-ring (bicyclic) bond motifs is 1. The van der Waals surface area contributed by atoms with Gasteiger partial charge in [0.1, 0.15) is 0 Å². The minimum absolute atomic E-state index is 0.0144. The molecule has 0 bridgehead atoms. The number of carbonyl (C=O) groups excluding carboxylic acids is 2. The van der Waals surface area contributed by atoms with E-state index in [2.05, 4.69) is 10.3 Å². The third-order valence-corrected chi connectivity index (χ3v) is 6.43. The second-order valence-electron chi connectivity index (χ2n) is 7.71. The van der Waals surface area contributed by atoms with Crippen LogP contribution in [0.5, 0.6) is 0 Å². The highest BCUT2D eigenvalue weighted by molar-refractivity contribution is 7.17. The molecule has 1 N–H and O–H groups in total. The summed E-state index contributed by atoms with van der Waals surface area (Å²) in [5.74, 6) is 0.0262. The highest BCUT2D eigenvalue weighted by atomic mass is 32.1. The van der Waals surface area contributed by atoms with Crippen molar-refractivity contribution in [3.05, 3.63) is 64.4 Å². The maximum absolute atomic E-state index is 12.6. The lowest BCUT2D eigenvalue weighted by atomic mass is 9.95. The number of imidazole rings is 1. The van der Waals surface area contributed by atoms with Crippen LogP contribution < -0.4 is 5.32 Å². The second kappa shape index (κ2) is 8.83. The predicted molar refractivity (Wildman–Crippen MR) is 119 cm³/mol. The summed E-state index contributed by atoms with van der Waals surface area (Å²) in [5.41, 5.74) is 2.95. The van der Waals surface area contributed by atoms with Crippen molar-refractivity contribution in [2.24, 2.45) is 5.92 Å². The highest BCUT2D eigenvalue weighted by Crippen LogP contribution is 2.22. The van der Waals surface area contributed by atoms with Crippen molar-refractivity contribution < 1.29 is 9.59 Å². The lowest BCUT2D eigenvalue weighted by molar-refractivity contribution is -0.132. The van der Waals surface area contributed by atoms with E-state index in [1.165, 1.54) is 4.88 Å². The van der Waals surface area contributed by atoms with Gasteiger partial charge in [-0.25, -0.2) is 4.98 Å². The normalized spacial score (nSPS) is 15.2. The Balaban J connectivity index is 1.30. The first-order valence-electron chi connectivity index (χ1n) is 10.2. The van der Waals surface area contributed by atoms with E-state index in [0.717, 1.165) is 21.9 Å². The molecule has 7 heteroatoms. The number of aryl methyl sites for hydroxylation is 2. The largest absolute Gasteiger partial charge is 0.352 e. The Morgan fingerprint density at radius 1 is 1.20 bits per heavy atom. The molecular weight excluding hydrogens is 396 g/mol. The van der Waals surface area contributed by atoms with Crippen molar-refractivity contribution >= 4 is 34.2 Å².